The van der Waals surface area contributed by atoms with Crippen molar-refractivity contribution in [3.05, 3.63) is 59.5 Å². The van der Waals surface area contributed by atoms with Crippen LogP contribution in [0.1, 0.15) is 35.5 Å². The van der Waals surface area contributed by atoms with Crippen LogP contribution < -0.4 is 10.6 Å². The maximum absolute atomic E-state index is 12.4. The van der Waals surface area contributed by atoms with E-state index in [1.54, 1.807) is 45.4 Å². The van der Waals surface area contributed by atoms with E-state index in [1.165, 1.54) is 0 Å². The van der Waals surface area contributed by atoms with Gasteiger partial charge in [0.15, 0.2) is 15.8 Å². The number of nitrogens with one attached hydrogen (secondary N) is 2. The Hall–Kier alpha value is -2.81. The standard InChI is InChI=1S/C21H28N4O4S/c1-21(2)15-25(9-11-30(21,27)28)20(22-3)24-13-16-6-4-7-17(12-16)19(26)23-14-18-8-5-10-29-18/h4-8,10,12H,9,11,13-15H2,1-3H3,(H,22,24)(H,23,26). The van der Waals surface area contributed by atoms with Crippen LogP contribution in [0.15, 0.2) is 52.1 Å². The van der Waals surface area contributed by atoms with E-state index in [0.29, 0.717) is 43.5 Å². The third-order valence-electron chi connectivity index (χ3n) is 5.20. The van der Waals surface area contributed by atoms with Crippen molar-refractivity contribution in [2.75, 3.05) is 25.9 Å². The molecule has 1 fully saturated rings. The number of furan rings is 1. The van der Waals surface area contributed by atoms with Gasteiger partial charge >= 0.3 is 0 Å². The van der Waals surface area contributed by atoms with Crippen molar-refractivity contribution in [1.82, 2.24) is 15.5 Å². The van der Waals surface area contributed by atoms with Crippen molar-refractivity contribution in [2.45, 2.75) is 31.7 Å². The zero-order valence-corrected chi connectivity index (χ0v) is 18.3. The Morgan fingerprint density at radius 2 is 2.00 bits per heavy atom. The third kappa shape index (κ3) is 5.02. The SMILES string of the molecule is CN=C(NCc1cccc(C(=O)NCc2ccco2)c1)N1CCS(=O)(=O)C(C)(C)C1. The van der Waals surface area contributed by atoms with Crippen molar-refractivity contribution < 1.29 is 17.6 Å². The number of hydrogen-bond donors (Lipinski definition) is 2. The summed E-state index contributed by atoms with van der Waals surface area (Å²) in [6.45, 7) is 5.06. The van der Waals surface area contributed by atoms with Crippen LogP contribution in [-0.4, -0.2) is 55.8 Å². The van der Waals surface area contributed by atoms with Crippen LogP contribution in [0.5, 0.6) is 0 Å². The van der Waals surface area contributed by atoms with Gasteiger partial charge in [-0.25, -0.2) is 8.42 Å². The normalized spacial score (nSPS) is 18.1. The molecule has 30 heavy (non-hydrogen) atoms. The molecule has 0 unspecified atom stereocenters. The molecule has 3 rings (SSSR count). The number of nitrogens with zero attached hydrogens (tertiary/aromatic N) is 2. The molecule has 2 aromatic rings. The van der Waals surface area contributed by atoms with E-state index >= 15 is 0 Å². The summed E-state index contributed by atoms with van der Waals surface area (Å²) < 4.78 is 28.9. The van der Waals surface area contributed by atoms with Gasteiger partial charge in [-0.15, -0.1) is 0 Å². The minimum absolute atomic E-state index is 0.103. The molecule has 0 saturated carbocycles. The molecule has 0 radical (unpaired) electrons. The van der Waals surface area contributed by atoms with Gasteiger partial charge in [-0.3, -0.25) is 9.79 Å². The molecule has 1 amide bonds. The Kier molecular flexibility index (Phi) is 6.50. The first-order chi connectivity index (χ1) is 14.2. The molecule has 1 saturated heterocycles. The summed E-state index contributed by atoms with van der Waals surface area (Å²) in [7, 11) is -1.44. The van der Waals surface area contributed by atoms with Gasteiger partial charge in [0.25, 0.3) is 5.91 Å². The van der Waals surface area contributed by atoms with E-state index in [4.69, 9.17) is 4.42 Å². The first-order valence-electron chi connectivity index (χ1n) is 9.79. The Labute approximate surface area is 177 Å². The van der Waals surface area contributed by atoms with Gasteiger partial charge in [0, 0.05) is 32.2 Å². The average molecular weight is 433 g/mol. The summed E-state index contributed by atoms with van der Waals surface area (Å²) in [5.41, 5.74) is 1.48. The van der Waals surface area contributed by atoms with Crippen LogP contribution in [0, 0.1) is 0 Å². The number of sulfone groups is 1. The fraction of sp³-hybridized carbons (Fsp3) is 0.429. The van der Waals surface area contributed by atoms with Crippen LogP contribution in [0.25, 0.3) is 0 Å². The molecule has 1 aliphatic heterocycles. The molecule has 0 atom stereocenters. The second-order valence-corrected chi connectivity index (χ2v) is 10.6. The van der Waals surface area contributed by atoms with E-state index < -0.39 is 14.6 Å². The lowest BCUT2D eigenvalue weighted by atomic mass is 10.1. The Morgan fingerprint density at radius 3 is 2.67 bits per heavy atom. The maximum Gasteiger partial charge on any atom is 0.251 e. The lowest BCUT2D eigenvalue weighted by molar-refractivity contribution is 0.0948. The monoisotopic (exact) mass is 432 g/mol. The molecule has 162 valence electrons. The number of carbonyl (C=O) groups excluding carboxylic acids is 1. The van der Waals surface area contributed by atoms with Crippen LogP contribution in [0.2, 0.25) is 0 Å². The Morgan fingerprint density at radius 1 is 1.20 bits per heavy atom. The molecular weight excluding hydrogens is 404 g/mol. The second-order valence-electron chi connectivity index (χ2n) is 7.86. The van der Waals surface area contributed by atoms with Crippen molar-refractivity contribution in [2.24, 2.45) is 4.99 Å². The molecule has 9 heteroatoms. The maximum atomic E-state index is 12.4. The highest BCUT2D eigenvalue weighted by atomic mass is 32.2. The molecular formula is C21H28N4O4S. The van der Waals surface area contributed by atoms with Crippen LogP contribution in [-0.2, 0) is 22.9 Å². The summed E-state index contributed by atoms with van der Waals surface area (Å²) in [6.07, 6.45) is 1.57. The smallest absolute Gasteiger partial charge is 0.251 e. The number of rotatable bonds is 5. The molecule has 8 nitrogen and oxygen atoms in total. The third-order valence-corrected chi connectivity index (χ3v) is 7.73. The quantitative estimate of drug-likeness (QED) is 0.552. The molecule has 1 aromatic carbocycles. The van der Waals surface area contributed by atoms with Gasteiger partial charge in [-0.2, -0.15) is 0 Å². The highest BCUT2D eigenvalue weighted by Crippen LogP contribution is 2.23. The number of benzene rings is 1. The molecule has 2 N–H and O–H groups in total. The minimum atomic E-state index is -3.12. The predicted molar refractivity (Wildman–Crippen MR) is 116 cm³/mol. The lowest BCUT2D eigenvalue weighted by Crippen LogP contribution is -2.57. The topological polar surface area (TPSA) is 104 Å². The van der Waals surface area contributed by atoms with Gasteiger partial charge in [-0.1, -0.05) is 12.1 Å². The largest absolute Gasteiger partial charge is 0.467 e. The predicted octanol–water partition coefficient (Wildman–Crippen LogP) is 1.79. The first-order valence-corrected chi connectivity index (χ1v) is 11.4. The number of hydrogen-bond acceptors (Lipinski definition) is 5. The highest BCUT2D eigenvalue weighted by molar-refractivity contribution is 7.92. The van der Waals surface area contributed by atoms with E-state index in [-0.39, 0.29) is 11.7 Å². The van der Waals surface area contributed by atoms with E-state index in [9.17, 15) is 13.2 Å². The summed E-state index contributed by atoms with van der Waals surface area (Å²) in [5.74, 6) is 1.26. The summed E-state index contributed by atoms with van der Waals surface area (Å²) in [5, 5.41) is 6.11. The van der Waals surface area contributed by atoms with Crippen molar-refractivity contribution in [3.63, 3.8) is 0 Å². The first kappa shape index (κ1) is 21.9. The fourth-order valence-electron chi connectivity index (χ4n) is 3.34. The van der Waals surface area contributed by atoms with Crippen molar-refractivity contribution in [1.29, 1.82) is 0 Å². The number of carbonyl (C=O) groups is 1. The zero-order chi connectivity index (χ0) is 21.8. The molecule has 0 aliphatic carbocycles. The van der Waals surface area contributed by atoms with Gasteiger partial charge < -0.3 is 20.0 Å². The lowest BCUT2D eigenvalue weighted by Gasteiger charge is -2.39. The molecule has 0 bridgehead atoms. The van der Waals surface area contributed by atoms with Crippen LogP contribution >= 0.6 is 0 Å². The Balaban J connectivity index is 1.59. The summed E-state index contributed by atoms with van der Waals surface area (Å²) in [4.78, 5) is 18.7. The number of guanidine groups is 1. The van der Waals surface area contributed by atoms with Crippen LogP contribution in [0.3, 0.4) is 0 Å². The van der Waals surface area contributed by atoms with Gasteiger partial charge in [0.05, 0.1) is 23.3 Å². The van der Waals surface area contributed by atoms with E-state index in [2.05, 4.69) is 15.6 Å². The molecule has 2 heterocycles. The van der Waals surface area contributed by atoms with E-state index in [0.717, 1.165) is 5.56 Å². The Bertz CT molecular complexity index is 1010. The fourth-order valence-corrected chi connectivity index (χ4v) is 4.71. The van der Waals surface area contributed by atoms with Crippen molar-refractivity contribution in [3.8, 4) is 0 Å². The van der Waals surface area contributed by atoms with Crippen molar-refractivity contribution >= 4 is 21.7 Å². The summed E-state index contributed by atoms with van der Waals surface area (Å²) >= 11 is 0. The molecule has 1 aromatic heterocycles. The molecule has 1 aliphatic rings. The average Bonchev–Trinajstić information content (AvgIpc) is 3.23. The number of aliphatic imine (C=N–C) groups is 1. The minimum Gasteiger partial charge on any atom is -0.467 e. The molecule has 0 spiro atoms. The van der Waals surface area contributed by atoms with Gasteiger partial charge in [-0.05, 0) is 43.7 Å². The zero-order valence-electron chi connectivity index (χ0n) is 17.5. The highest BCUT2D eigenvalue weighted by Gasteiger charge is 2.40. The van der Waals surface area contributed by atoms with E-state index in [1.807, 2.05) is 23.1 Å². The second kappa shape index (κ2) is 8.91. The van der Waals surface area contributed by atoms with Gasteiger partial charge in [0.1, 0.15) is 5.76 Å². The number of amides is 1. The van der Waals surface area contributed by atoms with Gasteiger partial charge in [0.2, 0.25) is 0 Å². The summed E-state index contributed by atoms with van der Waals surface area (Å²) in [6, 6.07) is 10.9. The van der Waals surface area contributed by atoms with Crippen LogP contribution in [0.4, 0.5) is 0 Å².